The molecule has 1 atom stereocenters. The normalized spacial score (nSPS) is 18.3. The van der Waals surface area contributed by atoms with E-state index < -0.39 is 0 Å². The molecule has 21 heavy (non-hydrogen) atoms. The number of benzene rings is 1. The van der Waals surface area contributed by atoms with E-state index in [9.17, 15) is 0 Å². The number of nitrogens with one attached hydrogen (secondary N) is 1. The van der Waals surface area contributed by atoms with Gasteiger partial charge < -0.3 is 10.1 Å². The van der Waals surface area contributed by atoms with E-state index in [-0.39, 0.29) is 5.60 Å². The van der Waals surface area contributed by atoms with Crippen LogP contribution in [0.25, 0.3) is 0 Å². The van der Waals surface area contributed by atoms with E-state index in [1.165, 1.54) is 42.4 Å². The highest BCUT2D eigenvalue weighted by Gasteiger charge is 2.38. The summed E-state index contributed by atoms with van der Waals surface area (Å²) in [5.74, 6) is 0. The van der Waals surface area contributed by atoms with Crippen molar-refractivity contribution in [1.82, 2.24) is 5.32 Å². The van der Waals surface area contributed by atoms with Crippen LogP contribution < -0.4 is 5.32 Å². The summed E-state index contributed by atoms with van der Waals surface area (Å²) in [5, 5.41) is 3.74. The molecule has 0 amide bonds. The average Bonchev–Trinajstić information content (AvgIpc) is 2.38. The van der Waals surface area contributed by atoms with E-state index in [0.29, 0.717) is 6.04 Å². The van der Waals surface area contributed by atoms with Gasteiger partial charge in [0.15, 0.2) is 0 Å². The molecule has 0 saturated heterocycles. The van der Waals surface area contributed by atoms with Crippen LogP contribution in [-0.2, 0) is 11.2 Å². The number of methoxy groups -OCH3 is 1. The fourth-order valence-electron chi connectivity index (χ4n) is 3.55. The van der Waals surface area contributed by atoms with Gasteiger partial charge in [-0.05, 0) is 64.5 Å². The van der Waals surface area contributed by atoms with Crippen LogP contribution in [-0.4, -0.2) is 25.3 Å². The Kier molecular flexibility index (Phi) is 5.83. The highest BCUT2D eigenvalue weighted by atomic mass is 16.5. The van der Waals surface area contributed by atoms with Crippen LogP contribution in [0, 0.1) is 13.8 Å². The zero-order chi connectivity index (χ0) is 15.3. The zero-order valence-electron chi connectivity index (χ0n) is 14.2. The number of hydrogen-bond donors (Lipinski definition) is 1. The molecule has 0 bridgehead atoms. The molecule has 0 heterocycles. The molecular formula is C19H31NO. The Morgan fingerprint density at radius 1 is 1.19 bits per heavy atom. The van der Waals surface area contributed by atoms with Crippen LogP contribution in [0.4, 0.5) is 0 Å². The second-order valence-electron chi connectivity index (χ2n) is 6.80. The second-order valence-corrected chi connectivity index (χ2v) is 6.80. The van der Waals surface area contributed by atoms with Gasteiger partial charge in [-0.2, -0.15) is 0 Å². The van der Waals surface area contributed by atoms with E-state index in [1.807, 2.05) is 7.11 Å². The lowest BCUT2D eigenvalue weighted by Crippen LogP contribution is -2.46. The van der Waals surface area contributed by atoms with Crippen LogP contribution in [0.2, 0.25) is 0 Å². The minimum absolute atomic E-state index is 0.143. The van der Waals surface area contributed by atoms with Crippen molar-refractivity contribution in [2.24, 2.45) is 0 Å². The van der Waals surface area contributed by atoms with Gasteiger partial charge in [-0.3, -0.25) is 0 Å². The molecular weight excluding hydrogens is 258 g/mol. The van der Waals surface area contributed by atoms with E-state index in [0.717, 1.165) is 19.4 Å². The largest absolute Gasteiger partial charge is 0.378 e. The monoisotopic (exact) mass is 289 g/mol. The van der Waals surface area contributed by atoms with Crippen LogP contribution >= 0.6 is 0 Å². The van der Waals surface area contributed by atoms with Crippen LogP contribution in [0.5, 0.6) is 0 Å². The molecule has 1 fully saturated rings. The highest BCUT2D eigenvalue weighted by molar-refractivity contribution is 5.29. The summed E-state index contributed by atoms with van der Waals surface area (Å²) in [7, 11) is 1.88. The molecule has 1 aromatic rings. The Morgan fingerprint density at radius 2 is 1.86 bits per heavy atom. The third kappa shape index (κ3) is 4.55. The predicted molar refractivity (Wildman–Crippen MR) is 89.9 cm³/mol. The molecule has 2 heteroatoms. The summed E-state index contributed by atoms with van der Waals surface area (Å²) in [4.78, 5) is 0. The molecule has 0 spiro atoms. The molecule has 0 aliphatic heterocycles. The Balaban J connectivity index is 2.04. The first-order chi connectivity index (χ1) is 10.1. The molecule has 2 rings (SSSR count). The second kappa shape index (κ2) is 7.42. The van der Waals surface area contributed by atoms with E-state index >= 15 is 0 Å². The minimum atomic E-state index is 0.143. The number of rotatable bonds is 8. The van der Waals surface area contributed by atoms with Gasteiger partial charge in [0.05, 0.1) is 5.60 Å². The fourth-order valence-corrected chi connectivity index (χ4v) is 3.55. The van der Waals surface area contributed by atoms with Crippen LogP contribution in [0.15, 0.2) is 18.2 Å². The molecule has 0 aromatic heterocycles. The van der Waals surface area contributed by atoms with Crippen molar-refractivity contribution in [2.45, 2.75) is 70.9 Å². The lowest BCUT2D eigenvalue weighted by molar-refractivity contribution is -0.0834. The summed E-state index contributed by atoms with van der Waals surface area (Å²) in [6.07, 6.45) is 7.19. The van der Waals surface area contributed by atoms with E-state index in [2.05, 4.69) is 44.3 Å². The first-order valence-electron chi connectivity index (χ1n) is 8.42. The van der Waals surface area contributed by atoms with Crippen LogP contribution in [0.3, 0.4) is 0 Å². The summed E-state index contributed by atoms with van der Waals surface area (Å²) >= 11 is 0. The molecule has 1 aromatic carbocycles. The van der Waals surface area contributed by atoms with E-state index in [1.54, 1.807) is 0 Å². The van der Waals surface area contributed by atoms with Crippen molar-refractivity contribution in [3.05, 3.63) is 34.9 Å². The number of aryl methyl sites for hydroxylation is 2. The van der Waals surface area contributed by atoms with E-state index in [4.69, 9.17) is 4.74 Å². The predicted octanol–water partition coefficient (Wildman–Crippen LogP) is 4.17. The van der Waals surface area contributed by atoms with Gasteiger partial charge in [0, 0.05) is 13.2 Å². The van der Waals surface area contributed by atoms with Crippen molar-refractivity contribution in [3.63, 3.8) is 0 Å². The van der Waals surface area contributed by atoms with Gasteiger partial charge in [0.2, 0.25) is 0 Å². The summed E-state index contributed by atoms with van der Waals surface area (Å²) in [6, 6.07) is 7.42. The molecule has 1 saturated carbocycles. The maximum Gasteiger partial charge on any atom is 0.0693 e. The quantitative estimate of drug-likeness (QED) is 0.775. The molecule has 0 radical (unpaired) electrons. The molecule has 1 unspecified atom stereocenters. The molecule has 1 aliphatic rings. The smallest absolute Gasteiger partial charge is 0.0693 e. The zero-order valence-corrected chi connectivity index (χ0v) is 14.2. The topological polar surface area (TPSA) is 21.3 Å². The van der Waals surface area contributed by atoms with Crippen molar-refractivity contribution in [3.8, 4) is 0 Å². The third-order valence-electron chi connectivity index (χ3n) is 4.76. The number of hydrogen-bond acceptors (Lipinski definition) is 2. The van der Waals surface area contributed by atoms with Gasteiger partial charge in [0.25, 0.3) is 0 Å². The Bertz CT molecular complexity index is 425. The fraction of sp³-hybridized carbons (Fsp3) is 0.684. The van der Waals surface area contributed by atoms with Gasteiger partial charge in [-0.25, -0.2) is 0 Å². The average molecular weight is 289 g/mol. The molecule has 1 aliphatic carbocycles. The van der Waals surface area contributed by atoms with Gasteiger partial charge in [-0.15, -0.1) is 0 Å². The van der Waals surface area contributed by atoms with Crippen molar-refractivity contribution >= 4 is 0 Å². The van der Waals surface area contributed by atoms with Gasteiger partial charge in [-0.1, -0.05) is 36.2 Å². The highest BCUT2D eigenvalue weighted by Crippen LogP contribution is 2.39. The van der Waals surface area contributed by atoms with Crippen molar-refractivity contribution in [2.75, 3.05) is 13.7 Å². The lowest BCUT2D eigenvalue weighted by atomic mass is 9.75. The van der Waals surface area contributed by atoms with Crippen molar-refractivity contribution < 1.29 is 4.74 Å². The first kappa shape index (κ1) is 16.5. The Morgan fingerprint density at radius 3 is 2.33 bits per heavy atom. The van der Waals surface area contributed by atoms with Gasteiger partial charge in [0.1, 0.15) is 0 Å². The molecule has 1 N–H and O–H groups in total. The maximum absolute atomic E-state index is 5.83. The summed E-state index contributed by atoms with van der Waals surface area (Å²) in [6.45, 7) is 7.70. The Labute approximate surface area is 130 Å². The first-order valence-corrected chi connectivity index (χ1v) is 8.42. The SMILES string of the molecule is CCCNC(Cc1cc(C)cc(C)c1)CC1(OC)CCC1. The summed E-state index contributed by atoms with van der Waals surface area (Å²) in [5.41, 5.74) is 4.32. The molecule has 2 nitrogen and oxygen atoms in total. The Hall–Kier alpha value is -0.860. The summed E-state index contributed by atoms with van der Waals surface area (Å²) < 4.78 is 5.83. The maximum atomic E-state index is 5.83. The third-order valence-corrected chi connectivity index (χ3v) is 4.76. The van der Waals surface area contributed by atoms with Crippen molar-refractivity contribution in [1.29, 1.82) is 0 Å². The molecule has 118 valence electrons. The lowest BCUT2D eigenvalue weighted by Gasteiger charge is -2.43. The van der Waals surface area contributed by atoms with Gasteiger partial charge >= 0.3 is 0 Å². The minimum Gasteiger partial charge on any atom is -0.378 e. The standard InChI is InChI=1S/C19H31NO/c1-5-9-20-18(14-19(21-4)7-6-8-19)13-17-11-15(2)10-16(3)12-17/h10-12,18,20H,5-9,13-14H2,1-4H3. The number of ether oxygens (including phenoxy) is 1. The van der Waals surface area contributed by atoms with Crippen LogP contribution in [0.1, 0.15) is 55.7 Å².